The standard InChI is InChI=1S/C24H26FN3O.ClH/c1-27-18-9-10-19(27)14-17(13-18)26-24(29)22-20-11-8-16(25)12-21(20)28(2)23(22)15-6-4-3-5-7-15;/h3-8,11-12,17-19H,9-10,13-14H2,1-2H3,(H,26,29);1H. The highest BCUT2D eigenvalue weighted by molar-refractivity contribution is 6.12. The SMILES string of the molecule is CN1C2CCC1CC(NC(=O)c1c(-c3ccccc3)n(C)c3cc(F)ccc13)C2.Cl. The van der Waals surface area contributed by atoms with E-state index in [9.17, 15) is 9.18 Å². The number of carbonyl (C=O) groups excluding carboxylic acids is 1. The Balaban J connectivity index is 0.00000218. The van der Waals surface area contributed by atoms with E-state index < -0.39 is 0 Å². The zero-order valence-corrected chi connectivity index (χ0v) is 18.1. The molecule has 30 heavy (non-hydrogen) atoms. The van der Waals surface area contributed by atoms with Crippen LogP contribution in [0.5, 0.6) is 0 Å². The summed E-state index contributed by atoms with van der Waals surface area (Å²) in [5.74, 6) is -0.355. The van der Waals surface area contributed by atoms with Crippen molar-refractivity contribution in [2.24, 2.45) is 7.05 Å². The lowest BCUT2D eigenvalue weighted by atomic mass is 9.97. The Labute approximate surface area is 182 Å². The van der Waals surface area contributed by atoms with Crippen molar-refractivity contribution in [1.29, 1.82) is 0 Å². The average molecular weight is 428 g/mol. The molecule has 2 saturated heterocycles. The van der Waals surface area contributed by atoms with Crippen LogP contribution in [-0.2, 0) is 7.05 Å². The first-order valence-corrected chi connectivity index (χ1v) is 10.4. The molecule has 4 nitrogen and oxygen atoms in total. The number of aromatic nitrogens is 1. The van der Waals surface area contributed by atoms with Gasteiger partial charge in [0.1, 0.15) is 5.82 Å². The number of hydrogen-bond donors (Lipinski definition) is 1. The van der Waals surface area contributed by atoms with E-state index in [1.54, 1.807) is 6.07 Å². The number of aryl methyl sites for hydroxylation is 1. The predicted molar refractivity (Wildman–Crippen MR) is 121 cm³/mol. The maximum atomic E-state index is 13.9. The lowest BCUT2D eigenvalue weighted by Gasteiger charge is -2.36. The summed E-state index contributed by atoms with van der Waals surface area (Å²) in [7, 11) is 4.10. The van der Waals surface area contributed by atoms with Crippen LogP contribution in [0.2, 0.25) is 0 Å². The molecule has 6 heteroatoms. The molecule has 2 unspecified atom stereocenters. The van der Waals surface area contributed by atoms with E-state index in [0.717, 1.165) is 35.0 Å². The highest BCUT2D eigenvalue weighted by Gasteiger charge is 2.39. The van der Waals surface area contributed by atoms with E-state index in [-0.39, 0.29) is 30.2 Å². The first-order valence-electron chi connectivity index (χ1n) is 10.4. The van der Waals surface area contributed by atoms with E-state index in [1.807, 2.05) is 41.9 Å². The summed E-state index contributed by atoms with van der Waals surface area (Å²) in [6, 6.07) is 15.9. The number of nitrogens with zero attached hydrogens (tertiary/aromatic N) is 2. The summed E-state index contributed by atoms with van der Waals surface area (Å²) in [4.78, 5) is 16.0. The van der Waals surface area contributed by atoms with Gasteiger partial charge >= 0.3 is 0 Å². The van der Waals surface area contributed by atoms with Gasteiger partial charge in [0.2, 0.25) is 0 Å². The molecule has 2 aromatic carbocycles. The molecule has 0 aliphatic carbocycles. The molecule has 5 rings (SSSR count). The molecular weight excluding hydrogens is 401 g/mol. The molecule has 2 aliphatic heterocycles. The molecular formula is C24H27ClFN3O. The van der Waals surface area contributed by atoms with E-state index >= 15 is 0 Å². The molecule has 2 bridgehead atoms. The van der Waals surface area contributed by atoms with Gasteiger partial charge in [0.25, 0.3) is 5.91 Å². The second-order valence-corrected chi connectivity index (χ2v) is 8.50. The third-order valence-corrected chi connectivity index (χ3v) is 6.87. The Morgan fingerprint density at radius 1 is 1.03 bits per heavy atom. The highest BCUT2D eigenvalue weighted by atomic mass is 35.5. The van der Waals surface area contributed by atoms with Crippen LogP contribution in [-0.4, -0.2) is 40.5 Å². The second-order valence-electron chi connectivity index (χ2n) is 8.50. The minimum Gasteiger partial charge on any atom is -0.349 e. The van der Waals surface area contributed by atoms with Crippen molar-refractivity contribution >= 4 is 29.2 Å². The fourth-order valence-electron chi connectivity index (χ4n) is 5.36. The van der Waals surface area contributed by atoms with Gasteiger partial charge in [-0.2, -0.15) is 0 Å². The lowest BCUT2D eigenvalue weighted by molar-refractivity contribution is 0.0884. The first kappa shape index (κ1) is 20.9. The molecule has 2 aliphatic rings. The zero-order valence-electron chi connectivity index (χ0n) is 17.3. The number of nitrogens with one attached hydrogen (secondary N) is 1. The number of rotatable bonds is 3. The Morgan fingerprint density at radius 3 is 2.37 bits per heavy atom. The van der Waals surface area contributed by atoms with Gasteiger partial charge in [-0.1, -0.05) is 30.3 Å². The van der Waals surface area contributed by atoms with Crippen molar-refractivity contribution in [1.82, 2.24) is 14.8 Å². The van der Waals surface area contributed by atoms with Gasteiger partial charge in [0, 0.05) is 30.6 Å². The second kappa shape index (κ2) is 8.05. The lowest BCUT2D eigenvalue weighted by Crippen LogP contribution is -2.48. The summed E-state index contributed by atoms with van der Waals surface area (Å²) < 4.78 is 15.9. The Kier molecular flexibility index (Phi) is 5.60. The maximum Gasteiger partial charge on any atom is 0.254 e. The Hall–Kier alpha value is -2.37. The number of fused-ring (bicyclic) bond motifs is 3. The summed E-state index contributed by atoms with van der Waals surface area (Å²) in [6.07, 6.45) is 4.43. The number of carbonyl (C=O) groups is 1. The number of piperidine rings is 1. The maximum absolute atomic E-state index is 13.9. The fourth-order valence-corrected chi connectivity index (χ4v) is 5.36. The summed E-state index contributed by atoms with van der Waals surface area (Å²) in [6.45, 7) is 0. The van der Waals surface area contributed by atoms with E-state index in [0.29, 0.717) is 17.6 Å². The number of amides is 1. The van der Waals surface area contributed by atoms with Crippen molar-refractivity contribution in [2.75, 3.05) is 7.05 Å². The number of benzene rings is 2. The normalized spacial score (nSPS) is 23.4. The van der Waals surface area contributed by atoms with Crippen molar-refractivity contribution in [3.63, 3.8) is 0 Å². The third kappa shape index (κ3) is 3.40. The van der Waals surface area contributed by atoms with Gasteiger partial charge in [-0.05, 0) is 56.5 Å². The van der Waals surface area contributed by atoms with Crippen LogP contribution >= 0.6 is 12.4 Å². The van der Waals surface area contributed by atoms with Crippen molar-refractivity contribution in [2.45, 2.75) is 43.8 Å². The topological polar surface area (TPSA) is 37.3 Å². The van der Waals surface area contributed by atoms with Gasteiger partial charge in [-0.15, -0.1) is 12.4 Å². The number of halogens is 2. The Morgan fingerprint density at radius 2 is 1.70 bits per heavy atom. The van der Waals surface area contributed by atoms with Crippen molar-refractivity contribution in [3.8, 4) is 11.3 Å². The molecule has 3 aromatic rings. The smallest absolute Gasteiger partial charge is 0.254 e. The van der Waals surface area contributed by atoms with Crippen LogP contribution in [0.25, 0.3) is 22.2 Å². The molecule has 1 aromatic heterocycles. The van der Waals surface area contributed by atoms with Crippen LogP contribution in [0.3, 0.4) is 0 Å². The summed E-state index contributed by atoms with van der Waals surface area (Å²) >= 11 is 0. The largest absolute Gasteiger partial charge is 0.349 e. The minimum atomic E-state index is -0.295. The molecule has 0 saturated carbocycles. The monoisotopic (exact) mass is 427 g/mol. The highest BCUT2D eigenvalue weighted by Crippen LogP contribution is 2.36. The van der Waals surface area contributed by atoms with Gasteiger partial charge in [0.05, 0.1) is 16.8 Å². The van der Waals surface area contributed by atoms with Crippen LogP contribution in [0.4, 0.5) is 4.39 Å². The van der Waals surface area contributed by atoms with Crippen LogP contribution < -0.4 is 5.32 Å². The van der Waals surface area contributed by atoms with Gasteiger partial charge < -0.3 is 14.8 Å². The average Bonchev–Trinajstić information content (AvgIpc) is 3.10. The zero-order chi connectivity index (χ0) is 20.1. The summed E-state index contributed by atoms with van der Waals surface area (Å²) in [5, 5.41) is 4.11. The quantitative estimate of drug-likeness (QED) is 0.654. The third-order valence-electron chi connectivity index (χ3n) is 6.87. The van der Waals surface area contributed by atoms with E-state index in [4.69, 9.17) is 0 Å². The van der Waals surface area contributed by atoms with Crippen molar-refractivity contribution < 1.29 is 9.18 Å². The molecule has 0 radical (unpaired) electrons. The summed E-state index contributed by atoms with van der Waals surface area (Å²) in [5.41, 5.74) is 3.16. The van der Waals surface area contributed by atoms with Gasteiger partial charge in [-0.3, -0.25) is 4.79 Å². The molecule has 0 spiro atoms. The molecule has 2 atom stereocenters. The van der Waals surface area contributed by atoms with E-state index in [1.165, 1.54) is 25.0 Å². The first-order chi connectivity index (χ1) is 14.0. The molecule has 158 valence electrons. The van der Waals surface area contributed by atoms with E-state index in [2.05, 4.69) is 17.3 Å². The predicted octanol–water partition coefficient (Wildman–Crippen LogP) is 4.76. The number of hydrogen-bond acceptors (Lipinski definition) is 2. The van der Waals surface area contributed by atoms with Crippen molar-refractivity contribution in [3.05, 3.63) is 59.9 Å². The van der Waals surface area contributed by atoms with Crippen LogP contribution in [0.15, 0.2) is 48.5 Å². The molecule has 2 fully saturated rings. The van der Waals surface area contributed by atoms with Gasteiger partial charge in [-0.25, -0.2) is 4.39 Å². The molecule has 3 heterocycles. The van der Waals surface area contributed by atoms with Crippen LogP contribution in [0.1, 0.15) is 36.0 Å². The van der Waals surface area contributed by atoms with Gasteiger partial charge in [0.15, 0.2) is 0 Å². The minimum absolute atomic E-state index is 0. The van der Waals surface area contributed by atoms with Crippen LogP contribution in [0, 0.1) is 5.82 Å². The Bertz CT molecular complexity index is 1070. The molecule has 1 N–H and O–H groups in total. The molecule has 1 amide bonds. The fraction of sp³-hybridized carbons (Fsp3) is 0.375.